The van der Waals surface area contributed by atoms with Gasteiger partial charge >= 0.3 is 11.9 Å². The fourth-order valence-electron chi connectivity index (χ4n) is 1.60. The summed E-state index contributed by atoms with van der Waals surface area (Å²) in [5.74, 6) is -2.52. The average molecular weight is 254 g/mol. The van der Waals surface area contributed by atoms with Crippen molar-refractivity contribution in [2.75, 3.05) is 0 Å². The molecule has 6 nitrogen and oxygen atoms in total. The van der Waals surface area contributed by atoms with E-state index in [4.69, 9.17) is 10.2 Å². The molecule has 0 saturated carbocycles. The zero-order valence-corrected chi connectivity index (χ0v) is 9.48. The van der Waals surface area contributed by atoms with Gasteiger partial charge in [0.15, 0.2) is 6.10 Å². The van der Waals surface area contributed by atoms with Crippen LogP contribution in [0.2, 0.25) is 0 Å². The number of aliphatic hydroxyl groups excluding tert-OH is 2. The standard InChI is InChI=1S/C12H14O6/c13-9(14)6-5-7-3-1-2-4-8(7)10(15)11(16)12(17)18/h1-4,10-11,15-16H,5-6H2,(H,13,14)(H,17,18). The van der Waals surface area contributed by atoms with Crippen molar-refractivity contribution in [2.45, 2.75) is 25.0 Å². The van der Waals surface area contributed by atoms with Crippen LogP contribution in [0.3, 0.4) is 0 Å². The molecule has 0 aromatic heterocycles. The number of aryl methyl sites for hydroxylation is 1. The lowest BCUT2D eigenvalue weighted by Crippen LogP contribution is -2.28. The molecule has 0 spiro atoms. The third-order valence-electron chi connectivity index (χ3n) is 2.53. The van der Waals surface area contributed by atoms with Gasteiger partial charge in [-0.3, -0.25) is 4.79 Å². The third-order valence-corrected chi connectivity index (χ3v) is 2.53. The summed E-state index contributed by atoms with van der Waals surface area (Å²) in [4.78, 5) is 21.1. The van der Waals surface area contributed by atoms with E-state index in [1.807, 2.05) is 0 Å². The zero-order valence-electron chi connectivity index (χ0n) is 9.48. The monoisotopic (exact) mass is 254 g/mol. The maximum atomic E-state index is 10.6. The second-order valence-corrected chi connectivity index (χ2v) is 3.82. The topological polar surface area (TPSA) is 115 Å². The Morgan fingerprint density at radius 2 is 1.72 bits per heavy atom. The van der Waals surface area contributed by atoms with E-state index in [1.165, 1.54) is 6.07 Å². The van der Waals surface area contributed by atoms with E-state index < -0.39 is 24.1 Å². The molecule has 1 rings (SSSR count). The average Bonchev–Trinajstić information content (AvgIpc) is 2.34. The Kier molecular flexibility index (Phi) is 4.82. The van der Waals surface area contributed by atoms with Crippen LogP contribution in [-0.2, 0) is 16.0 Å². The Balaban J connectivity index is 2.93. The number of aliphatic carboxylic acids is 2. The molecule has 98 valence electrons. The number of hydrogen-bond acceptors (Lipinski definition) is 4. The van der Waals surface area contributed by atoms with Crippen molar-refractivity contribution in [2.24, 2.45) is 0 Å². The minimum Gasteiger partial charge on any atom is -0.481 e. The first-order chi connectivity index (χ1) is 8.43. The van der Waals surface area contributed by atoms with E-state index in [0.717, 1.165) is 0 Å². The van der Waals surface area contributed by atoms with Crippen LogP contribution in [0.5, 0.6) is 0 Å². The first kappa shape index (κ1) is 14.1. The SMILES string of the molecule is O=C(O)CCc1ccccc1C(O)C(O)C(=O)O. The minimum absolute atomic E-state index is 0.132. The Morgan fingerprint density at radius 3 is 2.28 bits per heavy atom. The summed E-state index contributed by atoms with van der Waals surface area (Å²) in [6.07, 6.45) is -3.48. The number of aliphatic hydroxyl groups is 2. The number of carboxylic acid groups (broad SMARTS) is 2. The van der Waals surface area contributed by atoms with Crippen LogP contribution in [0, 0.1) is 0 Å². The lowest BCUT2D eigenvalue weighted by molar-refractivity contribution is -0.153. The molecule has 0 radical (unpaired) electrons. The van der Waals surface area contributed by atoms with Gasteiger partial charge in [0.1, 0.15) is 6.10 Å². The molecule has 2 unspecified atom stereocenters. The number of carboxylic acids is 2. The van der Waals surface area contributed by atoms with Crippen molar-refractivity contribution in [1.29, 1.82) is 0 Å². The van der Waals surface area contributed by atoms with Gasteiger partial charge in [0.2, 0.25) is 0 Å². The molecule has 0 amide bonds. The Labute approximate surface area is 103 Å². The summed E-state index contributed by atoms with van der Waals surface area (Å²) >= 11 is 0. The van der Waals surface area contributed by atoms with Crippen LogP contribution in [0.1, 0.15) is 23.7 Å². The summed E-state index contributed by atoms with van der Waals surface area (Å²) in [7, 11) is 0. The van der Waals surface area contributed by atoms with Gasteiger partial charge in [0, 0.05) is 6.42 Å². The molecule has 18 heavy (non-hydrogen) atoms. The van der Waals surface area contributed by atoms with E-state index in [0.29, 0.717) is 5.56 Å². The second-order valence-electron chi connectivity index (χ2n) is 3.82. The Morgan fingerprint density at radius 1 is 1.11 bits per heavy atom. The highest BCUT2D eigenvalue weighted by Gasteiger charge is 2.26. The van der Waals surface area contributed by atoms with Crippen LogP contribution < -0.4 is 0 Å². The van der Waals surface area contributed by atoms with E-state index in [2.05, 4.69) is 0 Å². The quantitative estimate of drug-likeness (QED) is 0.575. The molecular weight excluding hydrogens is 240 g/mol. The van der Waals surface area contributed by atoms with Crippen molar-refractivity contribution in [3.8, 4) is 0 Å². The smallest absolute Gasteiger partial charge is 0.335 e. The normalized spacial score (nSPS) is 13.9. The predicted molar refractivity (Wildman–Crippen MR) is 61.0 cm³/mol. The van der Waals surface area contributed by atoms with Gasteiger partial charge in [-0.25, -0.2) is 4.79 Å². The molecule has 0 heterocycles. The summed E-state index contributed by atoms with van der Waals surface area (Å²) in [5.41, 5.74) is 0.737. The largest absolute Gasteiger partial charge is 0.481 e. The maximum absolute atomic E-state index is 10.6. The zero-order chi connectivity index (χ0) is 13.7. The van der Waals surface area contributed by atoms with Gasteiger partial charge in [0.25, 0.3) is 0 Å². The second kappa shape index (κ2) is 6.13. The molecule has 1 aromatic rings. The molecule has 0 saturated heterocycles. The molecule has 1 aromatic carbocycles. The summed E-state index contributed by atoms with van der Waals surface area (Å²) in [5, 5.41) is 36.2. The van der Waals surface area contributed by atoms with Crippen LogP contribution in [-0.4, -0.2) is 38.5 Å². The molecule has 0 bridgehead atoms. The summed E-state index contributed by atoms with van der Waals surface area (Å²) < 4.78 is 0. The first-order valence-corrected chi connectivity index (χ1v) is 5.32. The van der Waals surface area contributed by atoms with E-state index >= 15 is 0 Å². The molecule has 2 atom stereocenters. The molecule has 0 aliphatic rings. The fraction of sp³-hybridized carbons (Fsp3) is 0.333. The van der Waals surface area contributed by atoms with Crippen molar-refractivity contribution in [3.63, 3.8) is 0 Å². The van der Waals surface area contributed by atoms with Crippen molar-refractivity contribution < 1.29 is 30.0 Å². The van der Waals surface area contributed by atoms with Crippen molar-refractivity contribution in [3.05, 3.63) is 35.4 Å². The molecular formula is C12H14O6. The summed E-state index contributed by atoms with van der Waals surface area (Å²) in [6.45, 7) is 0. The molecule has 6 heteroatoms. The van der Waals surface area contributed by atoms with Crippen LogP contribution in [0.4, 0.5) is 0 Å². The van der Waals surface area contributed by atoms with Gasteiger partial charge < -0.3 is 20.4 Å². The highest BCUT2D eigenvalue weighted by molar-refractivity contribution is 5.73. The van der Waals surface area contributed by atoms with Crippen molar-refractivity contribution >= 4 is 11.9 Å². The number of carbonyl (C=O) groups is 2. The Hall–Kier alpha value is -1.92. The van der Waals surface area contributed by atoms with Gasteiger partial charge in [-0.15, -0.1) is 0 Å². The van der Waals surface area contributed by atoms with E-state index in [1.54, 1.807) is 18.2 Å². The maximum Gasteiger partial charge on any atom is 0.335 e. The van der Waals surface area contributed by atoms with E-state index in [-0.39, 0.29) is 18.4 Å². The lowest BCUT2D eigenvalue weighted by Gasteiger charge is -2.17. The van der Waals surface area contributed by atoms with Crippen LogP contribution in [0.25, 0.3) is 0 Å². The van der Waals surface area contributed by atoms with Crippen LogP contribution in [0.15, 0.2) is 24.3 Å². The van der Waals surface area contributed by atoms with E-state index in [9.17, 15) is 19.8 Å². The van der Waals surface area contributed by atoms with Gasteiger partial charge in [-0.1, -0.05) is 24.3 Å². The van der Waals surface area contributed by atoms with Gasteiger partial charge in [0.05, 0.1) is 0 Å². The minimum atomic E-state index is -1.93. The number of rotatable bonds is 6. The third kappa shape index (κ3) is 3.54. The lowest BCUT2D eigenvalue weighted by atomic mass is 9.96. The summed E-state index contributed by atoms with van der Waals surface area (Å²) in [6, 6.07) is 6.29. The van der Waals surface area contributed by atoms with Crippen molar-refractivity contribution in [1.82, 2.24) is 0 Å². The van der Waals surface area contributed by atoms with Crippen LogP contribution >= 0.6 is 0 Å². The van der Waals surface area contributed by atoms with Gasteiger partial charge in [-0.05, 0) is 17.5 Å². The molecule has 0 aliphatic heterocycles. The highest BCUT2D eigenvalue weighted by atomic mass is 16.4. The Bertz CT molecular complexity index is 442. The molecule has 0 aliphatic carbocycles. The fourth-order valence-corrected chi connectivity index (χ4v) is 1.60. The number of benzene rings is 1. The number of hydrogen-bond donors (Lipinski definition) is 4. The molecule has 0 fully saturated rings. The van der Waals surface area contributed by atoms with Gasteiger partial charge in [-0.2, -0.15) is 0 Å². The highest BCUT2D eigenvalue weighted by Crippen LogP contribution is 2.22. The first-order valence-electron chi connectivity index (χ1n) is 5.32. The molecule has 4 N–H and O–H groups in total. The predicted octanol–water partition coefficient (Wildman–Crippen LogP) is 0.183.